The number of anilines is 1. The van der Waals surface area contributed by atoms with E-state index in [0.29, 0.717) is 36.5 Å². The number of carbonyl (C=O) groups excluding carboxylic acids is 2. The standard InChI is InChI=1S/C21H31N3O4/c1-2-28-19-6-4-3-5-18(19)23-21(26)20(25)22-15-16-7-11-24(12-8-16)17-9-13-27-14-10-17/h3-6,16-17H,2,7-15H2,1H3,(H,22,25)(H,23,26). The highest BCUT2D eigenvalue weighted by molar-refractivity contribution is 6.39. The third-order valence-corrected chi connectivity index (χ3v) is 5.55. The molecule has 0 spiro atoms. The average molecular weight is 389 g/mol. The predicted octanol–water partition coefficient (Wildman–Crippen LogP) is 2.03. The van der Waals surface area contributed by atoms with E-state index in [-0.39, 0.29) is 0 Å². The zero-order chi connectivity index (χ0) is 19.8. The Labute approximate surface area is 166 Å². The summed E-state index contributed by atoms with van der Waals surface area (Å²) in [5, 5.41) is 5.42. The van der Waals surface area contributed by atoms with Gasteiger partial charge in [-0.1, -0.05) is 12.1 Å². The van der Waals surface area contributed by atoms with Crippen molar-refractivity contribution >= 4 is 17.5 Å². The average Bonchev–Trinajstić information content (AvgIpc) is 2.74. The van der Waals surface area contributed by atoms with E-state index < -0.39 is 11.8 Å². The van der Waals surface area contributed by atoms with Crippen LogP contribution < -0.4 is 15.4 Å². The van der Waals surface area contributed by atoms with Crippen LogP contribution in [0.25, 0.3) is 0 Å². The number of nitrogens with one attached hydrogen (secondary N) is 2. The molecular formula is C21H31N3O4. The highest BCUT2D eigenvalue weighted by atomic mass is 16.5. The second-order valence-electron chi connectivity index (χ2n) is 7.42. The van der Waals surface area contributed by atoms with Crippen LogP contribution in [0.15, 0.2) is 24.3 Å². The first-order valence-electron chi connectivity index (χ1n) is 10.3. The van der Waals surface area contributed by atoms with E-state index in [1.807, 2.05) is 13.0 Å². The molecule has 0 atom stereocenters. The Morgan fingerprint density at radius 1 is 1.11 bits per heavy atom. The molecule has 1 aromatic rings. The Morgan fingerprint density at radius 3 is 2.54 bits per heavy atom. The number of piperidine rings is 1. The van der Waals surface area contributed by atoms with Crippen molar-refractivity contribution in [3.8, 4) is 5.75 Å². The normalized spacial score (nSPS) is 19.2. The fourth-order valence-corrected chi connectivity index (χ4v) is 3.92. The highest BCUT2D eigenvalue weighted by Crippen LogP contribution is 2.24. The molecule has 2 fully saturated rings. The molecule has 1 aromatic carbocycles. The summed E-state index contributed by atoms with van der Waals surface area (Å²) in [6, 6.07) is 7.75. The summed E-state index contributed by atoms with van der Waals surface area (Å²) in [6.45, 7) is 6.74. The van der Waals surface area contributed by atoms with Crippen molar-refractivity contribution < 1.29 is 19.1 Å². The first-order chi connectivity index (χ1) is 13.7. The minimum atomic E-state index is -0.660. The van der Waals surface area contributed by atoms with Crippen molar-refractivity contribution in [3.63, 3.8) is 0 Å². The molecule has 2 amide bonds. The summed E-state index contributed by atoms with van der Waals surface area (Å²) >= 11 is 0. The smallest absolute Gasteiger partial charge is 0.313 e. The van der Waals surface area contributed by atoms with Crippen LogP contribution in [0.5, 0.6) is 5.75 Å². The zero-order valence-corrected chi connectivity index (χ0v) is 16.6. The predicted molar refractivity (Wildman–Crippen MR) is 107 cm³/mol. The van der Waals surface area contributed by atoms with Crippen LogP contribution in [-0.4, -0.2) is 62.2 Å². The molecule has 7 nitrogen and oxygen atoms in total. The largest absolute Gasteiger partial charge is 0.492 e. The number of ether oxygens (including phenoxy) is 2. The van der Waals surface area contributed by atoms with E-state index in [9.17, 15) is 9.59 Å². The minimum absolute atomic E-state index is 0.420. The minimum Gasteiger partial charge on any atom is -0.492 e. The number of nitrogens with zero attached hydrogens (tertiary/aromatic N) is 1. The molecule has 7 heteroatoms. The maximum absolute atomic E-state index is 12.2. The monoisotopic (exact) mass is 389 g/mol. The van der Waals surface area contributed by atoms with E-state index in [4.69, 9.17) is 9.47 Å². The number of hydrogen-bond acceptors (Lipinski definition) is 5. The fraction of sp³-hybridized carbons (Fsp3) is 0.619. The number of carbonyl (C=O) groups is 2. The number of hydrogen-bond donors (Lipinski definition) is 2. The maximum Gasteiger partial charge on any atom is 0.313 e. The van der Waals surface area contributed by atoms with Gasteiger partial charge in [0.05, 0.1) is 12.3 Å². The Hall–Kier alpha value is -2.12. The second-order valence-corrected chi connectivity index (χ2v) is 7.42. The van der Waals surface area contributed by atoms with Crippen molar-refractivity contribution in [1.29, 1.82) is 0 Å². The Bertz CT molecular complexity index is 653. The van der Waals surface area contributed by atoms with Crippen LogP contribution in [-0.2, 0) is 14.3 Å². The van der Waals surface area contributed by atoms with Crippen molar-refractivity contribution in [1.82, 2.24) is 10.2 Å². The lowest BCUT2D eigenvalue weighted by Crippen LogP contribution is -2.46. The maximum atomic E-state index is 12.2. The molecule has 0 aromatic heterocycles. The summed E-state index contributed by atoms with van der Waals surface area (Å²) in [6.07, 6.45) is 4.33. The lowest BCUT2D eigenvalue weighted by atomic mass is 9.94. The van der Waals surface area contributed by atoms with Gasteiger partial charge in [-0.25, -0.2) is 0 Å². The molecule has 3 rings (SSSR count). The van der Waals surface area contributed by atoms with E-state index in [1.165, 1.54) is 0 Å². The van der Waals surface area contributed by atoms with Gasteiger partial charge in [0.15, 0.2) is 0 Å². The Kier molecular flexibility index (Phi) is 7.68. The van der Waals surface area contributed by atoms with E-state index in [1.54, 1.807) is 18.2 Å². The van der Waals surface area contributed by atoms with Gasteiger partial charge in [-0.05, 0) is 63.7 Å². The number of amides is 2. The van der Waals surface area contributed by atoms with Crippen LogP contribution >= 0.6 is 0 Å². The molecule has 28 heavy (non-hydrogen) atoms. The first kappa shape index (κ1) is 20.6. The van der Waals surface area contributed by atoms with Crippen molar-refractivity contribution in [2.24, 2.45) is 5.92 Å². The summed E-state index contributed by atoms with van der Waals surface area (Å²) in [5.74, 6) is -0.278. The molecule has 0 aliphatic carbocycles. The number of benzene rings is 1. The van der Waals surface area contributed by atoms with Gasteiger partial charge < -0.3 is 25.0 Å². The Morgan fingerprint density at radius 2 is 1.82 bits per heavy atom. The lowest BCUT2D eigenvalue weighted by molar-refractivity contribution is -0.136. The van der Waals surface area contributed by atoms with Gasteiger partial charge in [0.25, 0.3) is 0 Å². The molecule has 0 saturated carbocycles. The molecule has 0 unspecified atom stereocenters. The van der Waals surface area contributed by atoms with Gasteiger partial charge >= 0.3 is 11.8 Å². The topological polar surface area (TPSA) is 79.9 Å². The van der Waals surface area contributed by atoms with Crippen LogP contribution in [0.3, 0.4) is 0 Å². The summed E-state index contributed by atoms with van der Waals surface area (Å²) in [7, 11) is 0. The molecule has 2 N–H and O–H groups in total. The summed E-state index contributed by atoms with van der Waals surface area (Å²) in [5.41, 5.74) is 0.509. The summed E-state index contributed by atoms with van der Waals surface area (Å²) in [4.78, 5) is 26.9. The molecule has 2 heterocycles. The van der Waals surface area contributed by atoms with Crippen molar-refractivity contribution in [2.45, 2.75) is 38.6 Å². The van der Waals surface area contributed by atoms with Crippen LogP contribution in [0.4, 0.5) is 5.69 Å². The van der Waals surface area contributed by atoms with Crippen LogP contribution in [0, 0.1) is 5.92 Å². The Balaban J connectivity index is 1.40. The number of rotatable bonds is 6. The molecule has 2 saturated heterocycles. The lowest BCUT2D eigenvalue weighted by Gasteiger charge is -2.39. The molecule has 0 bridgehead atoms. The zero-order valence-electron chi connectivity index (χ0n) is 16.6. The highest BCUT2D eigenvalue weighted by Gasteiger charge is 2.27. The van der Waals surface area contributed by atoms with Gasteiger partial charge in [-0.3, -0.25) is 9.59 Å². The van der Waals surface area contributed by atoms with Crippen molar-refractivity contribution in [2.75, 3.05) is 44.8 Å². The second kappa shape index (κ2) is 10.4. The van der Waals surface area contributed by atoms with Gasteiger partial charge in [-0.2, -0.15) is 0 Å². The third kappa shape index (κ3) is 5.69. The van der Waals surface area contributed by atoms with Crippen LogP contribution in [0.2, 0.25) is 0 Å². The van der Waals surface area contributed by atoms with E-state index in [2.05, 4.69) is 15.5 Å². The molecule has 154 valence electrons. The van der Waals surface area contributed by atoms with E-state index in [0.717, 1.165) is 52.0 Å². The van der Waals surface area contributed by atoms with E-state index >= 15 is 0 Å². The van der Waals surface area contributed by atoms with Gasteiger partial charge in [-0.15, -0.1) is 0 Å². The molecule has 2 aliphatic heterocycles. The quantitative estimate of drug-likeness (QED) is 0.728. The summed E-state index contributed by atoms with van der Waals surface area (Å²) < 4.78 is 10.9. The fourth-order valence-electron chi connectivity index (χ4n) is 3.92. The molecule has 2 aliphatic rings. The SMILES string of the molecule is CCOc1ccccc1NC(=O)C(=O)NCC1CCN(C2CCOCC2)CC1. The number of likely N-dealkylation sites (tertiary alicyclic amines) is 1. The molecular weight excluding hydrogens is 358 g/mol. The number of para-hydroxylation sites is 2. The molecule has 0 radical (unpaired) electrons. The van der Waals surface area contributed by atoms with Gasteiger partial charge in [0.2, 0.25) is 0 Å². The van der Waals surface area contributed by atoms with Crippen LogP contribution in [0.1, 0.15) is 32.6 Å². The first-order valence-corrected chi connectivity index (χ1v) is 10.3. The third-order valence-electron chi connectivity index (χ3n) is 5.55. The van der Waals surface area contributed by atoms with Crippen molar-refractivity contribution in [3.05, 3.63) is 24.3 Å². The van der Waals surface area contributed by atoms with Gasteiger partial charge in [0.1, 0.15) is 5.75 Å². The van der Waals surface area contributed by atoms with Gasteiger partial charge in [0, 0.05) is 25.8 Å².